The molecule has 0 aliphatic rings. The van der Waals surface area contributed by atoms with Gasteiger partial charge in [-0.15, -0.1) is 0 Å². The smallest absolute Gasteiger partial charge is 0.407 e. The molecule has 202 valence electrons. The van der Waals surface area contributed by atoms with E-state index in [4.69, 9.17) is 9.47 Å². The first-order chi connectivity index (χ1) is 17.3. The Morgan fingerprint density at radius 2 is 1.73 bits per heavy atom. The van der Waals surface area contributed by atoms with E-state index in [1.54, 1.807) is 46.8 Å². The van der Waals surface area contributed by atoms with Crippen LogP contribution in [0.25, 0.3) is 0 Å². The number of nitrogens with one attached hydrogen (secondary N) is 3. The fraction of sp³-hybridized carbons (Fsp3) is 0.500. The zero-order valence-electron chi connectivity index (χ0n) is 22.5. The molecule has 2 amide bonds. The van der Waals surface area contributed by atoms with Crippen LogP contribution in [-0.4, -0.2) is 64.9 Å². The molecule has 0 bridgehead atoms. The maximum absolute atomic E-state index is 13.0. The quantitative estimate of drug-likeness (QED) is 0.276. The lowest BCUT2D eigenvalue weighted by atomic mass is 10.0. The van der Waals surface area contributed by atoms with Crippen molar-refractivity contribution >= 4 is 23.9 Å². The van der Waals surface area contributed by atoms with E-state index >= 15 is 0 Å². The van der Waals surface area contributed by atoms with Gasteiger partial charge in [-0.25, -0.2) is 19.6 Å². The summed E-state index contributed by atoms with van der Waals surface area (Å²) in [4.78, 5) is 45.9. The molecule has 0 aliphatic heterocycles. The molecule has 2 aromatic rings. The number of anilines is 1. The van der Waals surface area contributed by atoms with Crippen molar-refractivity contribution in [3.05, 3.63) is 46.3 Å². The topological polar surface area (TPSA) is 152 Å². The number of carbonyl (C=O) groups excluding carboxylic acids is 3. The van der Waals surface area contributed by atoms with Gasteiger partial charge in [0.1, 0.15) is 17.4 Å². The van der Waals surface area contributed by atoms with Crippen molar-refractivity contribution in [2.45, 2.75) is 66.0 Å². The van der Waals surface area contributed by atoms with Crippen molar-refractivity contribution in [3.63, 3.8) is 0 Å². The molecule has 11 heteroatoms. The van der Waals surface area contributed by atoms with E-state index in [1.165, 1.54) is 7.11 Å². The number of nitrogens with zero attached hydrogens (tertiary/aromatic N) is 2. The molecule has 0 saturated carbocycles. The predicted octanol–water partition coefficient (Wildman–Crippen LogP) is 2.95. The first-order valence-corrected chi connectivity index (χ1v) is 12.0. The second-order valence-corrected chi connectivity index (χ2v) is 9.67. The number of phenolic OH excluding ortho intramolecular Hbond substituents is 1. The Morgan fingerprint density at radius 3 is 2.32 bits per heavy atom. The lowest BCUT2D eigenvalue weighted by Gasteiger charge is -2.22. The van der Waals surface area contributed by atoms with Gasteiger partial charge >= 0.3 is 12.1 Å². The summed E-state index contributed by atoms with van der Waals surface area (Å²) in [6, 6.07) is 4.18. The van der Waals surface area contributed by atoms with Gasteiger partial charge in [0, 0.05) is 6.54 Å². The second-order valence-electron chi connectivity index (χ2n) is 9.67. The number of amides is 2. The van der Waals surface area contributed by atoms with Gasteiger partial charge in [-0.05, 0) is 77.6 Å². The van der Waals surface area contributed by atoms with Crippen LogP contribution in [0.3, 0.4) is 0 Å². The number of hydrogen-bond acceptors (Lipinski definition) is 9. The van der Waals surface area contributed by atoms with Gasteiger partial charge in [0.05, 0.1) is 30.6 Å². The molecule has 1 heterocycles. The van der Waals surface area contributed by atoms with E-state index in [0.717, 1.165) is 24.0 Å². The van der Waals surface area contributed by atoms with E-state index in [-0.39, 0.29) is 17.9 Å². The highest BCUT2D eigenvalue weighted by atomic mass is 16.6. The van der Waals surface area contributed by atoms with Crippen molar-refractivity contribution < 1.29 is 29.0 Å². The number of methoxy groups -OCH3 is 1. The molecule has 0 saturated heterocycles. The van der Waals surface area contributed by atoms with Crippen molar-refractivity contribution in [2.75, 3.05) is 25.5 Å². The Balaban J connectivity index is 2.00. The molecule has 1 aromatic carbocycles. The second kappa shape index (κ2) is 12.9. The van der Waals surface area contributed by atoms with Gasteiger partial charge in [-0.1, -0.05) is 6.07 Å². The average Bonchev–Trinajstić information content (AvgIpc) is 2.79. The Kier molecular flexibility index (Phi) is 10.2. The monoisotopic (exact) mass is 515 g/mol. The normalized spacial score (nSPS) is 11.9. The van der Waals surface area contributed by atoms with Gasteiger partial charge in [-0.2, -0.15) is 0 Å². The number of hydrogen-bond donors (Lipinski definition) is 4. The highest BCUT2D eigenvalue weighted by Gasteiger charge is 2.26. The van der Waals surface area contributed by atoms with Crippen LogP contribution >= 0.6 is 0 Å². The summed E-state index contributed by atoms with van der Waals surface area (Å²) < 4.78 is 9.93. The Bertz CT molecular complexity index is 1110. The fourth-order valence-electron chi connectivity index (χ4n) is 3.60. The van der Waals surface area contributed by atoms with Crippen molar-refractivity contribution in [1.82, 2.24) is 20.6 Å². The van der Waals surface area contributed by atoms with Crippen LogP contribution in [0.4, 0.5) is 10.7 Å². The molecular formula is C26H37N5O6. The van der Waals surface area contributed by atoms with Crippen LogP contribution < -0.4 is 16.0 Å². The van der Waals surface area contributed by atoms with Crippen LogP contribution in [-0.2, 0) is 20.7 Å². The molecule has 0 spiro atoms. The summed E-state index contributed by atoms with van der Waals surface area (Å²) in [7, 11) is 1.19. The number of phenols is 1. The molecule has 1 aromatic heterocycles. The lowest BCUT2D eigenvalue weighted by molar-refractivity contribution is -0.142. The lowest BCUT2D eigenvalue weighted by Crippen LogP contribution is -2.50. The van der Waals surface area contributed by atoms with Crippen molar-refractivity contribution in [1.29, 1.82) is 0 Å². The van der Waals surface area contributed by atoms with Crippen LogP contribution in [0.15, 0.2) is 18.2 Å². The van der Waals surface area contributed by atoms with E-state index in [1.807, 2.05) is 13.0 Å². The van der Waals surface area contributed by atoms with Gasteiger partial charge < -0.3 is 30.5 Å². The molecule has 1 atom stereocenters. The zero-order valence-corrected chi connectivity index (χ0v) is 22.5. The summed E-state index contributed by atoms with van der Waals surface area (Å²) in [5.41, 5.74) is 2.57. The first kappa shape index (κ1) is 29.3. The highest BCUT2D eigenvalue weighted by molar-refractivity contribution is 5.98. The number of ether oxygens (including phenoxy) is 2. The molecule has 11 nitrogen and oxygen atoms in total. The molecule has 37 heavy (non-hydrogen) atoms. The molecule has 0 radical (unpaired) electrons. The third-order valence-electron chi connectivity index (χ3n) is 5.38. The number of benzene rings is 1. The Labute approximate surface area is 217 Å². The van der Waals surface area contributed by atoms with Gasteiger partial charge in [0.15, 0.2) is 0 Å². The molecule has 0 aliphatic carbocycles. The summed E-state index contributed by atoms with van der Waals surface area (Å²) in [5, 5.41) is 17.9. The number of carbonyl (C=O) groups is 3. The maximum atomic E-state index is 13.0. The number of alkyl carbamates (subject to hydrolysis) is 1. The van der Waals surface area contributed by atoms with Crippen molar-refractivity contribution in [2.24, 2.45) is 0 Å². The Hall–Kier alpha value is -3.89. The Morgan fingerprint density at radius 1 is 1.08 bits per heavy atom. The van der Waals surface area contributed by atoms with Crippen LogP contribution in [0.5, 0.6) is 5.75 Å². The minimum absolute atomic E-state index is 0.218. The molecular weight excluding hydrogens is 478 g/mol. The van der Waals surface area contributed by atoms with E-state index in [2.05, 4.69) is 25.9 Å². The van der Waals surface area contributed by atoms with Gasteiger partial charge in [0.25, 0.3) is 5.91 Å². The SMILES string of the molecule is COC(=O)C(CNC(=O)OC(C)(C)C)NC(=O)c1c(C)nc(NCCCc2cc(O)ccc2C)nc1C. The summed E-state index contributed by atoms with van der Waals surface area (Å²) in [6.45, 7) is 10.9. The van der Waals surface area contributed by atoms with Gasteiger partial charge in [0.2, 0.25) is 5.95 Å². The van der Waals surface area contributed by atoms with Crippen LogP contribution in [0.2, 0.25) is 0 Å². The number of aromatic nitrogens is 2. The third kappa shape index (κ3) is 9.25. The number of aromatic hydroxyl groups is 1. The minimum atomic E-state index is -1.14. The van der Waals surface area contributed by atoms with Crippen LogP contribution in [0.1, 0.15) is 60.1 Å². The first-order valence-electron chi connectivity index (χ1n) is 12.0. The fourth-order valence-corrected chi connectivity index (χ4v) is 3.60. The van der Waals surface area contributed by atoms with Crippen molar-refractivity contribution in [3.8, 4) is 5.75 Å². The molecule has 1 unspecified atom stereocenters. The number of aryl methyl sites for hydroxylation is 4. The predicted molar refractivity (Wildman–Crippen MR) is 139 cm³/mol. The summed E-state index contributed by atoms with van der Waals surface area (Å²) >= 11 is 0. The molecule has 2 rings (SSSR count). The standard InChI is InChI=1S/C26H37N5O6/c1-15-10-11-19(32)13-18(15)9-8-12-27-24-29-16(2)21(17(3)30-24)22(33)31-20(23(34)36-7)14-28-25(35)37-26(4,5)6/h10-11,13,20,32H,8-9,12,14H2,1-7H3,(H,28,35)(H,31,33)(H,27,29,30). The number of esters is 1. The highest BCUT2D eigenvalue weighted by Crippen LogP contribution is 2.18. The molecule has 0 fully saturated rings. The van der Waals surface area contributed by atoms with E-state index < -0.39 is 29.6 Å². The van der Waals surface area contributed by atoms with E-state index in [9.17, 15) is 19.5 Å². The zero-order chi connectivity index (χ0) is 27.8. The number of rotatable bonds is 10. The summed E-state index contributed by atoms with van der Waals surface area (Å²) in [6.07, 6.45) is 0.846. The maximum Gasteiger partial charge on any atom is 0.407 e. The molecule has 4 N–H and O–H groups in total. The minimum Gasteiger partial charge on any atom is -0.508 e. The van der Waals surface area contributed by atoms with Gasteiger partial charge in [-0.3, -0.25) is 4.79 Å². The average molecular weight is 516 g/mol. The van der Waals surface area contributed by atoms with E-state index in [0.29, 0.717) is 23.9 Å². The third-order valence-corrected chi connectivity index (χ3v) is 5.38. The summed E-state index contributed by atoms with van der Waals surface area (Å²) in [5.74, 6) is -0.662. The van der Waals surface area contributed by atoms with Crippen LogP contribution in [0, 0.1) is 20.8 Å². The largest absolute Gasteiger partial charge is 0.508 e.